The lowest BCUT2D eigenvalue weighted by Crippen LogP contribution is -2.33. The van der Waals surface area contributed by atoms with Crippen LogP contribution in [0.3, 0.4) is 0 Å². The van der Waals surface area contributed by atoms with Crippen LogP contribution in [0.2, 0.25) is 0 Å². The van der Waals surface area contributed by atoms with Crippen LogP contribution in [0.15, 0.2) is 47.4 Å². The fourth-order valence-corrected chi connectivity index (χ4v) is 3.79. The molecule has 0 aliphatic carbocycles. The smallest absolute Gasteiger partial charge is 0.324 e. The van der Waals surface area contributed by atoms with Crippen molar-refractivity contribution in [2.24, 2.45) is 0 Å². The Morgan fingerprint density at radius 2 is 1.89 bits per heavy atom. The molecule has 1 aliphatic rings. The molecule has 144 valence electrons. The van der Waals surface area contributed by atoms with Gasteiger partial charge in [0.15, 0.2) is 0 Å². The molecule has 0 spiro atoms. The number of ether oxygens (including phenoxy) is 1. The van der Waals surface area contributed by atoms with Crippen molar-refractivity contribution >= 4 is 29.4 Å². The first-order chi connectivity index (χ1) is 13.6. The molecule has 0 N–H and O–H groups in total. The Labute approximate surface area is 168 Å². The minimum absolute atomic E-state index is 0.0923. The average Bonchev–Trinajstić information content (AvgIpc) is 3.11. The third kappa shape index (κ3) is 4.12. The summed E-state index contributed by atoms with van der Waals surface area (Å²) in [5.74, 6) is -0.317. The molecule has 7 heteroatoms. The lowest BCUT2D eigenvalue weighted by atomic mass is 10.0. The number of hydrogen-bond acceptors (Lipinski definition) is 5. The number of urea groups is 1. The molecule has 1 fully saturated rings. The van der Waals surface area contributed by atoms with Crippen LogP contribution in [-0.2, 0) is 9.53 Å². The Bertz CT molecular complexity index is 921. The van der Waals surface area contributed by atoms with Crippen molar-refractivity contribution in [2.75, 3.05) is 37.9 Å². The van der Waals surface area contributed by atoms with Gasteiger partial charge in [-0.2, -0.15) is 5.26 Å². The van der Waals surface area contributed by atoms with Gasteiger partial charge in [0.2, 0.25) is 0 Å². The summed E-state index contributed by atoms with van der Waals surface area (Å²) in [7, 11) is 1.35. The van der Waals surface area contributed by atoms with E-state index in [4.69, 9.17) is 5.26 Å². The van der Waals surface area contributed by atoms with Crippen LogP contribution >= 0.6 is 11.8 Å². The Kier molecular flexibility index (Phi) is 6.22. The van der Waals surface area contributed by atoms with E-state index in [2.05, 4.69) is 16.9 Å². The minimum Gasteiger partial charge on any atom is -0.469 e. The van der Waals surface area contributed by atoms with Crippen molar-refractivity contribution in [1.82, 2.24) is 4.90 Å². The van der Waals surface area contributed by atoms with Crippen LogP contribution in [0, 0.1) is 11.3 Å². The summed E-state index contributed by atoms with van der Waals surface area (Å²) in [5, 5.41) is 8.95. The number of methoxy groups -OCH3 is 1. The Morgan fingerprint density at radius 3 is 2.54 bits per heavy atom. The van der Waals surface area contributed by atoms with E-state index in [0.29, 0.717) is 25.2 Å². The highest BCUT2D eigenvalue weighted by atomic mass is 32.2. The summed E-state index contributed by atoms with van der Waals surface area (Å²) in [5.41, 5.74) is 3.55. The van der Waals surface area contributed by atoms with Crippen molar-refractivity contribution in [2.45, 2.75) is 11.3 Å². The maximum Gasteiger partial charge on any atom is 0.324 e. The Balaban J connectivity index is 1.80. The first-order valence-corrected chi connectivity index (χ1v) is 10.1. The fraction of sp³-hybridized carbons (Fsp3) is 0.286. The molecular weight excluding hydrogens is 374 g/mol. The zero-order valence-electron chi connectivity index (χ0n) is 15.8. The van der Waals surface area contributed by atoms with Gasteiger partial charge in [0.25, 0.3) is 0 Å². The van der Waals surface area contributed by atoms with E-state index >= 15 is 0 Å². The van der Waals surface area contributed by atoms with E-state index in [-0.39, 0.29) is 18.4 Å². The number of hydrogen-bond donors (Lipinski definition) is 0. The topological polar surface area (TPSA) is 73.6 Å². The van der Waals surface area contributed by atoms with Gasteiger partial charge in [0.05, 0.1) is 30.9 Å². The first kappa shape index (κ1) is 19.8. The number of thioether (sulfide) groups is 1. The molecule has 0 radical (unpaired) electrons. The van der Waals surface area contributed by atoms with Gasteiger partial charge >= 0.3 is 12.0 Å². The van der Waals surface area contributed by atoms with Gasteiger partial charge in [-0.1, -0.05) is 18.2 Å². The van der Waals surface area contributed by atoms with Gasteiger partial charge in [-0.25, -0.2) is 4.79 Å². The second-order valence-corrected chi connectivity index (χ2v) is 7.17. The standard InChI is InChI=1S/C21H21N3O3S/c1-27-20(25)9-10-23-11-12-24(21(23)26)18-8-7-17(13-19(18)28-2)16-5-3-15(14-22)4-6-16/h3-8,13H,9-12H2,1-2H3. The summed E-state index contributed by atoms with van der Waals surface area (Å²) in [6, 6.07) is 15.5. The quantitative estimate of drug-likeness (QED) is 0.550. The van der Waals surface area contributed by atoms with Crippen molar-refractivity contribution in [3.05, 3.63) is 48.0 Å². The Hall–Kier alpha value is -2.98. The number of benzene rings is 2. The van der Waals surface area contributed by atoms with Crippen LogP contribution < -0.4 is 4.90 Å². The molecule has 0 bridgehead atoms. The molecular formula is C21H21N3O3S. The minimum atomic E-state index is -0.317. The van der Waals surface area contributed by atoms with Crippen molar-refractivity contribution in [1.29, 1.82) is 5.26 Å². The van der Waals surface area contributed by atoms with E-state index in [0.717, 1.165) is 21.7 Å². The van der Waals surface area contributed by atoms with Gasteiger partial charge in [0.1, 0.15) is 0 Å². The second kappa shape index (κ2) is 8.81. The number of nitriles is 1. The van der Waals surface area contributed by atoms with Crippen LogP contribution in [0.5, 0.6) is 0 Å². The van der Waals surface area contributed by atoms with E-state index < -0.39 is 0 Å². The molecule has 0 aromatic heterocycles. The van der Waals surface area contributed by atoms with E-state index in [1.807, 2.05) is 30.5 Å². The molecule has 6 nitrogen and oxygen atoms in total. The number of anilines is 1. The number of carbonyl (C=O) groups excluding carboxylic acids is 2. The first-order valence-electron chi connectivity index (χ1n) is 8.89. The lowest BCUT2D eigenvalue weighted by molar-refractivity contribution is -0.140. The molecule has 1 aliphatic heterocycles. The molecule has 0 unspecified atom stereocenters. The molecule has 2 amide bonds. The zero-order chi connectivity index (χ0) is 20.1. The lowest BCUT2D eigenvalue weighted by Gasteiger charge is -2.21. The van der Waals surface area contributed by atoms with Crippen molar-refractivity contribution in [3.8, 4) is 17.2 Å². The van der Waals surface area contributed by atoms with Crippen LogP contribution in [0.25, 0.3) is 11.1 Å². The summed E-state index contributed by atoms with van der Waals surface area (Å²) >= 11 is 1.59. The third-order valence-electron chi connectivity index (χ3n) is 4.73. The van der Waals surface area contributed by atoms with Gasteiger partial charge in [-0.15, -0.1) is 11.8 Å². The maximum atomic E-state index is 12.8. The van der Waals surface area contributed by atoms with Crippen molar-refractivity contribution < 1.29 is 14.3 Å². The van der Waals surface area contributed by atoms with Crippen molar-refractivity contribution in [3.63, 3.8) is 0 Å². The van der Waals surface area contributed by atoms with Gasteiger partial charge in [-0.3, -0.25) is 9.69 Å². The van der Waals surface area contributed by atoms with E-state index in [1.54, 1.807) is 33.7 Å². The molecule has 1 heterocycles. The van der Waals surface area contributed by atoms with Crippen LogP contribution in [0.1, 0.15) is 12.0 Å². The highest BCUT2D eigenvalue weighted by Crippen LogP contribution is 2.35. The molecule has 3 rings (SSSR count). The molecule has 0 saturated carbocycles. The number of nitrogens with zero attached hydrogens (tertiary/aromatic N) is 3. The summed E-state index contributed by atoms with van der Waals surface area (Å²) in [6.07, 6.45) is 2.18. The van der Waals surface area contributed by atoms with Gasteiger partial charge in [0, 0.05) is 24.5 Å². The maximum absolute atomic E-state index is 12.8. The second-order valence-electron chi connectivity index (χ2n) is 6.32. The number of amides is 2. The molecule has 0 atom stereocenters. The Morgan fingerprint density at radius 1 is 1.18 bits per heavy atom. The number of esters is 1. The molecule has 2 aromatic rings. The SMILES string of the molecule is COC(=O)CCN1CCN(c2ccc(-c3ccc(C#N)cc3)cc2SC)C1=O. The van der Waals surface area contributed by atoms with Crippen LogP contribution in [-0.4, -0.2) is 49.9 Å². The highest BCUT2D eigenvalue weighted by molar-refractivity contribution is 7.98. The zero-order valence-corrected chi connectivity index (χ0v) is 16.7. The van der Waals surface area contributed by atoms with E-state index in [9.17, 15) is 9.59 Å². The molecule has 1 saturated heterocycles. The summed E-state index contributed by atoms with van der Waals surface area (Å²) < 4.78 is 4.65. The third-order valence-corrected chi connectivity index (χ3v) is 5.49. The average molecular weight is 395 g/mol. The fourth-order valence-electron chi connectivity index (χ4n) is 3.16. The molecule has 2 aromatic carbocycles. The normalized spacial score (nSPS) is 13.5. The number of carbonyl (C=O) groups is 2. The van der Waals surface area contributed by atoms with Crippen LogP contribution in [0.4, 0.5) is 10.5 Å². The predicted octanol–water partition coefficient (Wildman–Crippen LogP) is 3.75. The van der Waals surface area contributed by atoms with Gasteiger partial charge in [-0.05, 0) is 41.6 Å². The van der Waals surface area contributed by atoms with Gasteiger partial charge < -0.3 is 9.64 Å². The molecule has 28 heavy (non-hydrogen) atoms. The summed E-state index contributed by atoms with van der Waals surface area (Å²) in [4.78, 5) is 28.5. The number of rotatable bonds is 6. The largest absolute Gasteiger partial charge is 0.469 e. The monoisotopic (exact) mass is 395 g/mol. The predicted molar refractivity (Wildman–Crippen MR) is 109 cm³/mol. The highest BCUT2D eigenvalue weighted by Gasteiger charge is 2.31. The van der Waals surface area contributed by atoms with E-state index in [1.165, 1.54) is 7.11 Å². The summed E-state index contributed by atoms with van der Waals surface area (Å²) in [6.45, 7) is 1.53.